The first-order valence-electron chi connectivity index (χ1n) is 8.18. The Morgan fingerprint density at radius 2 is 1.79 bits per heavy atom. The van der Waals surface area contributed by atoms with Crippen LogP contribution < -0.4 is 5.73 Å². The molecule has 0 radical (unpaired) electrons. The zero-order valence-electron chi connectivity index (χ0n) is 15.0. The van der Waals surface area contributed by atoms with Crippen LogP contribution in [0.2, 0.25) is 0 Å². The van der Waals surface area contributed by atoms with Crippen LogP contribution in [-0.4, -0.2) is 25.7 Å². The summed E-state index contributed by atoms with van der Waals surface area (Å²) in [5, 5.41) is 4.27. The van der Waals surface area contributed by atoms with E-state index in [0.29, 0.717) is 5.82 Å². The van der Waals surface area contributed by atoms with E-state index in [9.17, 15) is 18.0 Å². The molecule has 9 heteroatoms. The molecule has 6 nitrogen and oxygen atoms in total. The van der Waals surface area contributed by atoms with E-state index in [-0.39, 0.29) is 11.1 Å². The fourth-order valence-electron chi connectivity index (χ4n) is 2.74. The molecule has 1 aromatic carbocycles. The molecule has 0 saturated carbocycles. The number of rotatable bonds is 4. The molecule has 0 aliphatic rings. The first-order valence-corrected chi connectivity index (χ1v) is 8.18. The van der Waals surface area contributed by atoms with E-state index in [1.165, 1.54) is 23.3 Å². The smallest absolute Gasteiger partial charge is 0.366 e. The molecular formula is C19H16F3N5O. The molecule has 0 unspecified atom stereocenters. The number of hydrogen-bond acceptors (Lipinski definition) is 4. The van der Waals surface area contributed by atoms with Gasteiger partial charge in [-0.1, -0.05) is 17.2 Å². The molecule has 144 valence electrons. The van der Waals surface area contributed by atoms with Crippen LogP contribution in [0.1, 0.15) is 22.4 Å². The lowest BCUT2D eigenvalue weighted by molar-refractivity contribution is -0.141. The summed E-state index contributed by atoms with van der Waals surface area (Å²) in [6.45, 7) is 3.89. The maximum atomic E-state index is 12.9. The van der Waals surface area contributed by atoms with Crippen molar-refractivity contribution in [2.24, 2.45) is 5.73 Å². The molecule has 2 heterocycles. The second kappa shape index (κ2) is 7.26. The molecule has 1 amide bonds. The summed E-state index contributed by atoms with van der Waals surface area (Å²) in [5.74, 6) is -0.486. The van der Waals surface area contributed by atoms with Crippen molar-refractivity contribution in [2.45, 2.75) is 20.0 Å². The monoisotopic (exact) mass is 387 g/mol. The average molecular weight is 387 g/mol. The van der Waals surface area contributed by atoms with Gasteiger partial charge in [-0.2, -0.15) is 13.2 Å². The first kappa shape index (κ1) is 19.3. The quantitative estimate of drug-likeness (QED) is 0.695. The van der Waals surface area contributed by atoms with Gasteiger partial charge in [-0.3, -0.25) is 9.78 Å². The summed E-state index contributed by atoms with van der Waals surface area (Å²) in [6.07, 6.45) is -1.09. The van der Waals surface area contributed by atoms with E-state index in [0.717, 1.165) is 29.0 Å². The van der Waals surface area contributed by atoms with Crippen molar-refractivity contribution in [1.29, 1.82) is 0 Å². The summed E-state index contributed by atoms with van der Waals surface area (Å²) in [5.41, 5.74) is 6.94. The summed E-state index contributed by atoms with van der Waals surface area (Å²) in [6, 6.07) is 7.85. The van der Waals surface area contributed by atoms with Crippen LogP contribution in [0.5, 0.6) is 0 Å². The SMILES string of the molecule is Cc1cc(C)cc(-c2ncn(/C=C(\C(N)=O)c3ccnc(C(F)(F)F)c3)n2)c1. The zero-order valence-corrected chi connectivity index (χ0v) is 15.0. The number of halogens is 3. The van der Waals surface area contributed by atoms with E-state index < -0.39 is 17.8 Å². The number of alkyl halides is 3. The molecule has 0 fully saturated rings. The van der Waals surface area contributed by atoms with Crippen LogP contribution in [0.4, 0.5) is 13.2 Å². The number of aromatic nitrogens is 4. The highest BCUT2D eigenvalue weighted by atomic mass is 19.4. The summed E-state index contributed by atoms with van der Waals surface area (Å²) < 4.78 is 39.9. The molecule has 0 aliphatic carbocycles. The van der Waals surface area contributed by atoms with E-state index in [1.807, 2.05) is 32.0 Å². The number of amides is 1. The minimum Gasteiger partial charge on any atom is -0.366 e. The molecular weight excluding hydrogens is 371 g/mol. The summed E-state index contributed by atoms with van der Waals surface area (Å²) in [4.78, 5) is 19.3. The molecule has 2 N–H and O–H groups in total. The molecule has 28 heavy (non-hydrogen) atoms. The van der Waals surface area contributed by atoms with Gasteiger partial charge >= 0.3 is 6.18 Å². The fourth-order valence-corrected chi connectivity index (χ4v) is 2.74. The van der Waals surface area contributed by atoms with Gasteiger partial charge in [0.25, 0.3) is 5.91 Å². The molecule has 0 aliphatic heterocycles. The molecule has 0 spiro atoms. The Bertz CT molecular complexity index is 1050. The fraction of sp³-hybridized carbons (Fsp3) is 0.158. The molecule has 0 atom stereocenters. The standard InChI is InChI=1S/C19H16F3N5O/c1-11-5-12(2)7-14(6-11)18-25-10-27(26-18)9-15(17(23)28)13-3-4-24-16(8-13)19(20,21)22/h3-10H,1-2H3,(H2,23,28)/b15-9-. The van der Waals surface area contributed by atoms with Gasteiger partial charge < -0.3 is 5.73 Å². The minimum atomic E-state index is -4.64. The maximum absolute atomic E-state index is 12.9. The molecule has 2 aromatic heterocycles. The van der Waals surface area contributed by atoms with Gasteiger partial charge in [0.1, 0.15) is 12.0 Å². The average Bonchev–Trinajstić information content (AvgIpc) is 3.07. The van der Waals surface area contributed by atoms with E-state index in [4.69, 9.17) is 5.73 Å². The van der Waals surface area contributed by atoms with Gasteiger partial charge in [0.2, 0.25) is 0 Å². The van der Waals surface area contributed by atoms with Gasteiger partial charge in [0, 0.05) is 18.0 Å². The highest BCUT2D eigenvalue weighted by Gasteiger charge is 2.32. The minimum absolute atomic E-state index is 0.0155. The second-order valence-electron chi connectivity index (χ2n) is 6.26. The van der Waals surface area contributed by atoms with Crippen molar-refractivity contribution in [3.05, 3.63) is 65.2 Å². The number of nitrogens with zero attached hydrogens (tertiary/aromatic N) is 4. The lowest BCUT2D eigenvalue weighted by Gasteiger charge is -2.08. The lowest BCUT2D eigenvalue weighted by Crippen LogP contribution is -2.15. The van der Waals surface area contributed by atoms with Crippen molar-refractivity contribution in [2.75, 3.05) is 0 Å². The highest BCUT2D eigenvalue weighted by molar-refractivity contribution is 6.22. The Labute approximate surface area is 158 Å². The molecule has 3 rings (SSSR count). The second-order valence-corrected chi connectivity index (χ2v) is 6.26. The third-order valence-corrected chi connectivity index (χ3v) is 3.88. The number of primary amides is 1. The Morgan fingerprint density at radius 3 is 2.39 bits per heavy atom. The number of hydrogen-bond donors (Lipinski definition) is 1. The van der Waals surface area contributed by atoms with E-state index >= 15 is 0 Å². The van der Waals surface area contributed by atoms with Crippen LogP contribution in [0.15, 0.2) is 42.9 Å². The number of carbonyl (C=O) groups excluding carboxylic acids is 1. The first-order chi connectivity index (χ1) is 13.1. The topological polar surface area (TPSA) is 86.7 Å². The van der Waals surface area contributed by atoms with Crippen LogP contribution in [0.25, 0.3) is 23.2 Å². The van der Waals surface area contributed by atoms with Crippen LogP contribution in [0, 0.1) is 13.8 Å². The van der Waals surface area contributed by atoms with Gasteiger partial charge in [-0.25, -0.2) is 9.67 Å². The predicted molar refractivity (Wildman–Crippen MR) is 97.5 cm³/mol. The maximum Gasteiger partial charge on any atom is 0.433 e. The number of nitrogens with two attached hydrogens (primary N) is 1. The van der Waals surface area contributed by atoms with Crippen LogP contribution in [0.3, 0.4) is 0 Å². The highest BCUT2D eigenvalue weighted by Crippen LogP contribution is 2.29. The third-order valence-electron chi connectivity index (χ3n) is 3.88. The largest absolute Gasteiger partial charge is 0.433 e. The van der Waals surface area contributed by atoms with E-state index in [1.54, 1.807) is 0 Å². The number of pyridine rings is 1. The lowest BCUT2D eigenvalue weighted by atomic mass is 10.1. The van der Waals surface area contributed by atoms with Gasteiger partial charge in [-0.05, 0) is 43.7 Å². The van der Waals surface area contributed by atoms with Crippen molar-refractivity contribution < 1.29 is 18.0 Å². The molecule has 0 saturated heterocycles. The summed E-state index contributed by atoms with van der Waals surface area (Å²) in [7, 11) is 0. The van der Waals surface area contributed by atoms with Crippen LogP contribution in [-0.2, 0) is 11.0 Å². The number of benzene rings is 1. The van der Waals surface area contributed by atoms with Gasteiger partial charge in [0.15, 0.2) is 5.82 Å². The number of aryl methyl sites for hydroxylation is 2. The molecule has 0 bridgehead atoms. The van der Waals surface area contributed by atoms with Crippen LogP contribution >= 0.6 is 0 Å². The normalized spacial score (nSPS) is 12.2. The third kappa shape index (κ3) is 4.25. The summed E-state index contributed by atoms with van der Waals surface area (Å²) >= 11 is 0. The van der Waals surface area contributed by atoms with Crippen molar-refractivity contribution in [3.8, 4) is 11.4 Å². The Morgan fingerprint density at radius 1 is 1.11 bits per heavy atom. The van der Waals surface area contributed by atoms with Crippen molar-refractivity contribution in [3.63, 3.8) is 0 Å². The Kier molecular flexibility index (Phi) is 5.00. The Hall–Kier alpha value is -3.49. The Balaban J connectivity index is 2.01. The zero-order chi connectivity index (χ0) is 20.5. The molecule has 3 aromatic rings. The van der Waals surface area contributed by atoms with Gasteiger partial charge in [0.05, 0.1) is 5.57 Å². The predicted octanol–water partition coefficient (Wildman–Crippen LogP) is 3.46. The van der Waals surface area contributed by atoms with Gasteiger partial charge in [-0.15, -0.1) is 5.10 Å². The number of carbonyl (C=O) groups is 1. The van der Waals surface area contributed by atoms with E-state index in [2.05, 4.69) is 15.1 Å². The van der Waals surface area contributed by atoms with Crippen molar-refractivity contribution in [1.82, 2.24) is 19.7 Å². The van der Waals surface area contributed by atoms with Crippen molar-refractivity contribution >= 4 is 17.7 Å².